The highest BCUT2D eigenvalue weighted by atomic mass is 19.1. The molecule has 1 saturated heterocycles. The molecule has 0 bridgehead atoms. The van der Waals surface area contributed by atoms with Crippen LogP contribution in [-0.4, -0.2) is 84.6 Å². The fourth-order valence-electron chi connectivity index (χ4n) is 3.30. The summed E-state index contributed by atoms with van der Waals surface area (Å²) in [5, 5.41) is 14.5. The molecular weight excluding hydrogens is 397 g/mol. The number of nitro groups is 1. The van der Waals surface area contributed by atoms with Crippen molar-refractivity contribution in [3.8, 4) is 0 Å². The number of carbonyl (C=O) groups excluding carboxylic acids is 2. The number of nitrogens with zero attached hydrogens (tertiary/aromatic N) is 4. The average Bonchev–Trinajstić information content (AvgIpc) is 2.71. The van der Waals surface area contributed by atoms with E-state index in [1.807, 2.05) is 14.0 Å². The van der Waals surface area contributed by atoms with Crippen LogP contribution < -0.4 is 5.32 Å². The number of hydrogen-bond acceptors (Lipinski definition) is 6. The number of hydroxylamine groups is 2. The van der Waals surface area contributed by atoms with E-state index in [9.17, 15) is 24.1 Å². The van der Waals surface area contributed by atoms with Crippen LogP contribution in [0.25, 0.3) is 0 Å². The van der Waals surface area contributed by atoms with Crippen LogP contribution in [0.1, 0.15) is 25.3 Å². The molecule has 1 N–H and O–H groups in total. The average molecular weight is 425 g/mol. The van der Waals surface area contributed by atoms with E-state index in [1.165, 1.54) is 20.2 Å². The molecule has 0 aromatic heterocycles. The molecule has 166 valence electrons. The maximum absolute atomic E-state index is 14.2. The number of carbonyl (C=O) groups is 2. The fourth-order valence-corrected chi connectivity index (χ4v) is 3.30. The van der Waals surface area contributed by atoms with Gasteiger partial charge in [0, 0.05) is 44.7 Å². The SMILES string of the molecule is CON(C)C(=O)N[C@@H](C(=O)N1CCN(C)[C@H](C)C1)[C@@H](C)c1ccc([N+](=O)[O-])c(F)c1. The van der Waals surface area contributed by atoms with E-state index in [0.29, 0.717) is 25.2 Å². The lowest BCUT2D eigenvalue weighted by molar-refractivity contribution is -0.387. The van der Waals surface area contributed by atoms with Crippen molar-refractivity contribution in [2.24, 2.45) is 0 Å². The van der Waals surface area contributed by atoms with Crippen LogP contribution in [0, 0.1) is 15.9 Å². The largest absolute Gasteiger partial charge is 0.341 e. The summed E-state index contributed by atoms with van der Waals surface area (Å²) in [5.74, 6) is -1.94. The molecule has 3 amide bonds. The lowest BCUT2D eigenvalue weighted by atomic mass is 9.91. The highest BCUT2D eigenvalue weighted by molar-refractivity contribution is 5.88. The van der Waals surface area contributed by atoms with Gasteiger partial charge in [-0.05, 0) is 25.6 Å². The first-order valence-electron chi connectivity index (χ1n) is 9.58. The van der Waals surface area contributed by atoms with Gasteiger partial charge in [-0.15, -0.1) is 0 Å². The van der Waals surface area contributed by atoms with Crippen molar-refractivity contribution in [1.29, 1.82) is 0 Å². The molecule has 1 heterocycles. The van der Waals surface area contributed by atoms with Crippen LogP contribution in [0.2, 0.25) is 0 Å². The molecule has 1 aliphatic heterocycles. The Morgan fingerprint density at radius 2 is 2.07 bits per heavy atom. The third kappa shape index (κ3) is 5.22. The Kier molecular flexibility index (Phi) is 7.68. The number of halogens is 1. The molecule has 0 unspecified atom stereocenters. The number of urea groups is 1. The quantitative estimate of drug-likeness (QED) is 0.548. The number of benzene rings is 1. The zero-order valence-corrected chi connectivity index (χ0v) is 17.8. The van der Waals surface area contributed by atoms with Gasteiger partial charge in [-0.1, -0.05) is 13.0 Å². The highest BCUT2D eigenvalue weighted by Crippen LogP contribution is 2.26. The normalized spacial score (nSPS) is 19.1. The van der Waals surface area contributed by atoms with Crippen LogP contribution in [0.3, 0.4) is 0 Å². The van der Waals surface area contributed by atoms with Gasteiger partial charge in [0.1, 0.15) is 6.04 Å². The molecular formula is C19H28FN5O5. The van der Waals surface area contributed by atoms with Gasteiger partial charge < -0.3 is 15.1 Å². The van der Waals surface area contributed by atoms with Gasteiger partial charge in [-0.25, -0.2) is 9.86 Å². The molecule has 0 spiro atoms. The molecule has 3 atom stereocenters. The van der Waals surface area contributed by atoms with Crippen LogP contribution in [0.4, 0.5) is 14.9 Å². The van der Waals surface area contributed by atoms with Crippen molar-refractivity contribution in [3.63, 3.8) is 0 Å². The smallest absolute Gasteiger partial charge is 0.338 e. The van der Waals surface area contributed by atoms with Crippen molar-refractivity contribution in [2.45, 2.75) is 31.8 Å². The Bertz CT molecular complexity index is 808. The van der Waals surface area contributed by atoms with E-state index in [0.717, 1.165) is 17.2 Å². The fraction of sp³-hybridized carbons (Fsp3) is 0.579. The molecule has 1 aromatic rings. The number of amides is 3. The van der Waals surface area contributed by atoms with Crippen molar-refractivity contribution < 1.29 is 23.7 Å². The predicted molar refractivity (Wildman–Crippen MR) is 107 cm³/mol. The maximum Gasteiger partial charge on any atom is 0.341 e. The number of rotatable bonds is 6. The minimum atomic E-state index is -1.01. The summed E-state index contributed by atoms with van der Waals surface area (Å²) in [5.41, 5.74) is -0.288. The summed E-state index contributed by atoms with van der Waals surface area (Å²) >= 11 is 0. The first kappa shape index (κ1) is 23.5. The molecule has 2 rings (SSSR count). The number of hydrogen-bond donors (Lipinski definition) is 1. The van der Waals surface area contributed by atoms with Gasteiger partial charge in [-0.2, -0.15) is 4.39 Å². The molecule has 30 heavy (non-hydrogen) atoms. The van der Waals surface area contributed by atoms with Gasteiger partial charge >= 0.3 is 11.7 Å². The molecule has 0 radical (unpaired) electrons. The number of nitrogens with one attached hydrogen (secondary N) is 1. The van der Waals surface area contributed by atoms with Crippen molar-refractivity contribution in [1.82, 2.24) is 20.2 Å². The van der Waals surface area contributed by atoms with E-state index in [-0.39, 0.29) is 11.9 Å². The van der Waals surface area contributed by atoms with Crippen LogP contribution in [0.15, 0.2) is 18.2 Å². The lowest BCUT2D eigenvalue weighted by Gasteiger charge is -2.40. The zero-order chi connectivity index (χ0) is 22.6. The maximum atomic E-state index is 14.2. The molecule has 10 nitrogen and oxygen atoms in total. The van der Waals surface area contributed by atoms with Crippen LogP contribution in [-0.2, 0) is 9.63 Å². The monoisotopic (exact) mass is 425 g/mol. The second-order valence-electron chi connectivity index (χ2n) is 7.48. The minimum absolute atomic E-state index is 0.146. The summed E-state index contributed by atoms with van der Waals surface area (Å²) in [6.45, 7) is 5.33. The molecule has 1 aromatic carbocycles. The van der Waals surface area contributed by atoms with Crippen LogP contribution in [0.5, 0.6) is 0 Å². The summed E-state index contributed by atoms with van der Waals surface area (Å²) in [4.78, 5) is 44.4. The lowest BCUT2D eigenvalue weighted by Crippen LogP contribution is -2.59. The first-order valence-corrected chi connectivity index (χ1v) is 9.58. The van der Waals surface area contributed by atoms with Gasteiger partial charge in [0.05, 0.1) is 12.0 Å². The molecule has 11 heteroatoms. The van der Waals surface area contributed by atoms with Crippen molar-refractivity contribution >= 4 is 17.6 Å². The van der Waals surface area contributed by atoms with Gasteiger partial charge in [0.25, 0.3) is 0 Å². The van der Waals surface area contributed by atoms with Crippen molar-refractivity contribution in [3.05, 3.63) is 39.7 Å². The Morgan fingerprint density at radius 3 is 2.60 bits per heavy atom. The van der Waals surface area contributed by atoms with E-state index in [1.54, 1.807) is 11.8 Å². The molecule has 1 fully saturated rings. The first-order chi connectivity index (χ1) is 14.1. The summed E-state index contributed by atoms with van der Waals surface area (Å²) < 4.78 is 14.2. The minimum Gasteiger partial charge on any atom is -0.338 e. The summed E-state index contributed by atoms with van der Waals surface area (Å²) in [6, 6.07) is 1.99. The van der Waals surface area contributed by atoms with Crippen molar-refractivity contribution in [2.75, 3.05) is 40.8 Å². The van der Waals surface area contributed by atoms with E-state index in [4.69, 9.17) is 4.84 Å². The standard InChI is InChI=1S/C19H28FN5O5/c1-12-11-24(9-8-22(12)3)18(26)17(21-19(27)23(4)30-5)13(2)14-6-7-16(25(28)29)15(20)10-14/h6-7,10,12-13,17H,8-9,11H2,1-5H3,(H,21,27)/t12-,13+,17-/m1/s1. The molecule has 0 saturated carbocycles. The molecule has 0 aliphatic carbocycles. The number of likely N-dealkylation sites (N-methyl/N-ethyl adjacent to an activating group) is 1. The van der Waals surface area contributed by atoms with Gasteiger partial charge in [-0.3, -0.25) is 19.7 Å². The Labute approximate surface area is 174 Å². The van der Waals surface area contributed by atoms with Gasteiger partial charge in [0.15, 0.2) is 0 Å². The second-order valence-corrected chi connectivity index (χ2v) is 7.48. The third-order valence-corrected chi connectivity index (χ3v) is 5.57. The Morgan fingerprint density at radius 1 is 1.40 bits per heavy atom. The summed E-state index contributed by atoms with van der Waals surface area (Å²) in [6.07, 6.45) is 0. The van der Waals surface area contributed by atoms with Gasteiger partial charge in [0.2, 0.25) is 11.7 Å². The zero-order valence-electron chi connectivity index (χ0n) is 17.8. The summed E-state index contributed by atoms with van der Waals surface area (Å²) in [7, 11) is 4.68. The Balaban J connectivity index is 2.32. The highest BCUT2D eigenvalue weighted by Gasteiger charge is 2.35. The van der Waals surface area contributed by atoms with E-state index < -0.39 is 34.4 Å². The van der Waals surface area contributed by atoms with E-state index >= 15 is 0 Å². The topological polar surface area (TPSA) is 108 Å². The number of nitro benzene ring substituents is 1. The predicted octanol–water partition coefficient (Wildman–Crippen LogP) is 1.57. The molecule has 1 aliphatic rings. The van der Waals surface area contributed by atoms with Crippen LogP contribution >= 0.6 is 0 Å². The number of piperazine rings is 1. The van der Waals surface area contributed by atoms with E-state index in [2.05, 4.69) is 10.2 Å². The second kappa shape index (κ2) is 9.81. The third-order valence-electron chi connectivity index (χ3n) is 5.57. The Hall–Kier alpha value is -2.79.